The molecular formula is C17H23N3O. The van der Waals surface area contributed by atoms with E-state index in [4.69, 9.17) is 0 Å². The molecule has 1 unspecified atom stereocenters. The molecule has 112 valence electrons. The van der Waals surface area contributed by atoms with Crippen LogP contribution < -0.4 is 0 Å². The molecule has 1 N–H and O–H groups in total. The minimum atomic E-state index is -0.352. The van der Waals surface area contributed by atoms with Crippen LogP contribution in [0.25, 0.3) is 0 Å². The van der Waals surface area contributed by atoms with Crippen molar-refractivity contribution in [3.8, 4) is 0 Å². The molecule has 1 aromatic carbocycles. The molecule has 2 aromatic rings. The van der Waals surface area contributed by atoms with Crippen molar-refractivity contribution >= 4 is 0 Å². The van der Waals surface area contributed by atoms with Gasteiger partial charge in [-0.3, -0.25) is 4.90 Å². The zero-order valence-electron chi connectivity index (χ0n) is 12.6. The molecule has 1 aliphatic heterocycles. The van der Waals surface area contributed by atoms with Gasteiger partial charge in [0.05, 0.1) is 12.6 Å². The van der Waals surface area contributed by atoms with Crippen molar-refractivity contribution in [3.63, 3.8) is 0 Å². The monoisotopic (exact) mass is 285 g/mol. The topological polar surface area (TPSA) is 41.3 Å². The zero-order chi connectivity index (χ0) is 14.7. The van der Waals surface area contributed by atoms with Crippen molar-refractivity contribution in [2.75, 3.05) is 13.1 Å². The van der Waals surface area contributed by atoms with Gasteiger partial charge in [-0.15, -0.1) is 0 Å². The molecule has 1 aliphatic rings. The average Bonchev–Trinajstić information content (AvgIpc) is 2.94. The van der Waals surface area contributed by atoms with Crippen molar-refractivity contribution in [1.82, 2.24) is 14.5 Å². The number of aliphatic hydroxyl groups excluding tert-OH is 1. The molecule has 4 nitrogen and oxygen atoms in total. The summed E-state index contributed by atoms with van der Waals surface area (Å²) >= 11 is 0. The van der Waals surface area contributed by atoms with E-state index in [9.17, 15) is 5.11 Å². The summed E-state index contributed by atoms with van der Waals surface area (Å²) in [6.45, 7) is 5.40. The van der Waals surface area contributed by atoms with Crippen LogP contribution in [0.3, 0.4) is 0 Å². The lowest BCUT2D eigenvalue weighted by molar-refractivity contribution is 0.0911. The van der Waals surface area contributed by atoms with Crippen molar-refractivity contribution in [1.29, 1.82) is 0 Å². The number of hydrogen-bond acceptors (Lipinski definition) is 3. The molecule has 21 heavy (non-hydrogen) atoms. The Labute approximate surface area is 126 Å². The van der Waals surface area contributed by atoms with Crippen molar-refractivity contribution in [2.45, 2.75) is 39.0 Å². The highest BCUT2D eigenvalue weighted by atomic mass is 16.3. The van der Waals surface area contributed by atoms with E-state index in [1.165, 1.54) is 11.1 Å². The van der Waals surface area contributed by atoms with Crippen LogP contribution in [0.4, 0.5) is 0 Å². The van der Waals surface area contributed by atoms with Crippen LogP contribution in [0.5, 0.6) is 0 Å². The van der Waals surface area contributed by atoms with E-state index in [1.807, 2.05) is 12.4 Å². The highest BCUT2D eigenvalue weighted by Crippen LogP contribution is 2.18. The molecule has 1 aromatic heterocycles. The van der Waals surface area contributed by atoms with Gasteiger partial charge in [0.25, 0.3) is 0 Å². The maximum atomic E-state index is 10.4. The van der Waals surface area contributed by atoms with Gasteiger partial charge in [0.1, 0.15) is 5.82 Å². The number of rotatable bonds is 5. The lowest BCUT2D eigenvalue weighted by Crippen LogP contribution is -2.38. The van der Waals surface area contributed by atoms with Gasteiger partial charge in [0, 0.05) is 38.4 Å². The molecule has 1 atom stereocenters. The third-order valence-corrected chi connectivity index (χ3v) is 4.20. The van der Waals surface area contributed by atoms with Crippen molar-refractivity contribution in [2.24, 2.45) is 0 Å². The van der Waals surface area contributed by atoms with E-state index in [0.717, 1.165) is 38.3 Å². The van der Waals surface area contributed by atoms with Crippen LogP contribution in [0, 0.1) is 0 Å². The fraction of sp³-hybridized carbons (Fsp3) is 0.471. The van der Waals surface area contributed by atoms with Crippen LogP contribution in [-0.2, 0) is 25.9 Å². The van der Waals surface area contributed by atoms with E-state index in [2.05, 4.69) is 45.6 Å². The maximum absolute atomic E-state index is 10.4. The highest BCUT2D eigenvalue weighted by molar-refractivity contribution is 5.29. The summed E-state index contributed by atoms with van der Waals surface area (Å²) in [6.07, 6.45) is 5.39. The van der Waals surface area contributed by atoms with Crippen LogP contribution in [-0.4, -0.2) is 38.8 Å². The standard InChI is InChI=1S/C17H23N3O/c1-2-17-18-8-10-20(17)13-16(21)12-19-9-7-14-5-3-4-6-15(14)11-19/h3-6,8,10,16,21H,2,7,9,11-13H2,1H3. The zero-order valence-corrected chi connectivity index (χ0v) is 12.6. The number of benzene rings is 1. The average molecular weight is 285 g/mol. The number of fused-ring (bicyclic) bond motifs is 1. The number of hydrogen-bond donors (Lipinski definition) is 1. The molecule has 0 saturated heterocycles. The predicted molar refractivity (Wildman–Crippen MR) is 83.0 cm³/mol. The van der Waals surface area contributed by atoms with E-state index < -0.39 is 0 Å². The first-order valence-corrected chi connectivity index (χ1v) is 7.73. The normalized spacial score (nSPS) is 16.7. The van der Waals surface area contributed by atoms with Gasteiger partial charge in [-0.2, -0.15) is 0 Å². The van der Waals surface area contributed by atoms with Crippen LogP contribution in [0.2, 0.25) is 0 Å². The van der Waals surface area contributed by atoms with Gasteiger partial charge < -0.3 is 9.67 Å². The third-order valence-electron chi connectivity index (χ3n) is 4.20. The van der Waals surface area contributed by atoms with Gasteiger partial charge >= 0.3 is 0 Å². The Morgan fingerprint density at radius 3 is 2.86 bits per heavy atom. The second-order valence-electron chi connectivity index (χ2n) is 5.76. The van der Waals surface area contributed by atoms with Crippen LogP contribution >= 0.6 is 0 Å². The Balaban J connectivity index is 1.58. The second kappa shape index (κ2) is 6.41. The number of β-amino-alcohol motifs (C(OH)–C–C–N with tert-alkyl or cyclic N) is 1. The largest absolute Gasteiger partial charge is 0.390 e. The quantitative estimate of drug-likeness (QED) is 0.912. The first-order chi connectivity index (χ1) is 10.3. The Kier molecular flexibility index (Phi) is 4.36. The Morgan fingerprint density at radius 1 is 1.24 bits per heavy atom. The SMILES string of the molecule is CCc1nccn1CC(O)CN1CCc2ccccc2C1. The third kappa shape index (κ3) is 3.34. The first kappa shape index (κ1) is 14.3. The lowest BCUT2D eigenvalue weighted by atomic mass is 10.00. The molecule has 2 heterocycles. The molecular weight excluding hydrogens is 262 g/mol. The Bertz CT molecular complexity index is 593. The fourth-order valence-electron chi connectivity index (χ4n) is 3.11. The van der Waals surface area contributed by atoms with Gasteiger partial charge in [-0.1, -0.05) is 31.2 Å². The molecule has 0 bridgehead atoms. The van der Waals surface area contributed by atoms with Gasteiger partial charge in [-0.25, -0.2) is 4.98 Å². The van der Waals surface area contributed by atoms with E-state index in [1.54, 1.807) is 0 Å². The van der Waals surface area contributed by atoms with E-state index >= 15 is 0 Å². The van der Waals surface area contributed by atoms with Crippen molar-refractivity contribution in [3.05, 3.63) is 53.6 Å². The molecule has 0 radical (unpaired) electrons. The molecule has 3 rings (SSSR count). The van der Waals surface area contributed by atoms with Crippen LogP contribution in [0.15, 0.2) is 36.7 Å². The number of nitrogens with zero attached hydrogens (tertiary/aromatic N) is 3. The first-order valence-electron chi connectivity index (χ1n) is 7.73. The molecule has 0 saturated carbocycles. The summed E-state index contributed by atoms with van der Waals surface area (Å²) in [4.78, 5) is 6.65. The molecule has 0 fully saturated rings. The summed E-state index contributed by atoms with van der Waals surface area (Å²) in [7, 11) is 0. The summed E-state index contributed by atoms with van der Waals surface area (Å²) in [6, 6.07) is 8.60. The highest BCUT2D eigenvalue weighted by Gasteiger charge is 2.18. The fourth-order valence-corrected chi connectivity index (χ4v) is 3.11. The van der Waals surface area contributed by atoms with Crippen molar-refractivity contribution < 1.29 is 5.11 Å². The molecule has 4 heteroatoms. The minimum absolute atomic E-state index is 0.352. The number of aliphatic hydroxyl groups is 1. The molecule has 0 aliphatic carbocycles. The molecule has 0 amide bonds. The van der Waals surface area contributed by atoms with E-state index in [0.29, 0.717) is 6.54 Å². The summed E-state index contributed by atoms with van der Waals surface area (Å²) in [5.41, 5.74) is 2.85. The van der Waals surface area contributed by atoms with Gasteiger partial charge in [0.15, 0.2) is 0 Å². The second-order valence-corrected chi connectivity index (χ2v) is 5.76. The minimum Gasteiger partial charge on any atom is -0.390 e. The summed E-state index contributed by atoms with van der Waals surface area (Å²) in [5, 5.41) is 10.4. The number of imidazole rings is 1. The summed E-state index contributed by atoms with van der Waals surface area (Å²) < 4.78 is 2.06. The summed E-state index contributed by atoms with van der Waals surface area (Å²) in [5.74, 6) is 1.04. The predicted octanol–water partition coefficient (Wildman–Crippen LogP) is 1.86. The maximum Gasteiger partial charge on any atom is 0.108 e. The van der Waals surface area contributed by atoms with E-state index in [-0.39, 0.29) is 6.10 Å². The smallest absolute Gasteiger partial charge is 0.108 e. The van der Waals surface area contributed by atoms with Crippen LogP contribution in [0.1, 0.15) is 23.9 Å². The van der Waals surface area contributed by atoms with Gasteiger partial charge in [0.2, 0.25) is 0 Å². The lowest BCUT2D eigenvalue weighted by Gasteiger charge is -2.30. The number of aryl methyl sites for hydroxylation is 1. The van der Waals surface area contributed by atoms with Gasteiger partial charge in [-0.05, 0) is 17.5 Å². The Hall–Kier alpha value is -1.65. The number of aromatic nitrogens is 2. The molecule has 0 spiro atoms. The Morgan fingerprint density at radius 2 is 2.05 bits per heavy atom.